The number of benzene rings is 2. The summed E-state index contributed by atoms with van der Waals surface area (Å²) in [6, 6.07) is 12.9. The molecule has 1 atom stereocenters. The molecule has 0 amide bonds. The molecule has 0 aliphatic heterocycles. The standard InChI is InChI=1S/C14H13F3NO2P/c1-21(19,20-13-8-3-2-4-9-13)18-12-7-5-6-11(10-12)14(15,16)17/h2-10H,1H3,(H,18,19). The van der Waals surface area contributed by atoms with Crippen LogP contribution < -0.4 is 9.61 Å². The van der Waals surface area contributed by atoms with Crippen molar-refractivity contribution in [1.82, 2.24) is 0 Å². The van der Waals surface area contributed by atoms with Crippen molar-refractivity contribution in [1.29, 1.82) is 0 Å². The van der Waals surface area contributed by atoms with Gasteiger partial charge in [0.05, 0.1) is 5.56 Å². The number of para-hydroxylation sites is 1. The third-order valence-corrected chi connectivity index (χ3v) is 3.77. The molecule has 0 radical (unpaired) electrons. The SMILES string of the molecule is CP(=O)(Nc1cccc(C(F)(F)F)c1)Oc1ccccc1. The molecule has 0 aliphatic rings. The molecule has 1 unspecified atom stereocenters. The molecule has 0 aromatic heterocycles. The summed E-state index contributed by atoms with van der Waals surface area (Å²) < 4.78 is 55.5. The first-order valence-electron chi connectivity index (χ1n) is 6.04. The van der Waals surface area contributed by atoms with Gasteiger partial charge in [0.25, 0.3) is 0 Å². The van der Waals surface area contributed by atoms with Gasteiger partial charge in [-0.15, -0.1) is 0 Å². The van der Waals surface area contributed by atoms with E-state index in [4.69, 9.17) is 4.52 Å². The minimum atomic E-state index is -4.45. The van der Waals surface area contributed by atoms with Crippen LogP contribution in [0, 0.1) is 0 Å². The Balaban J connectivity index is 2.15. The van der Waals surface area contributed by atoms with Crippen LogP contribution in [0.2, 0.25) is 0 Å². The van der Waals surface area contributed by atoms with Crippen molar-refractivity contribution in [3.63, 3.8) is 0 Å². The Kier molecular flexibility index (Phi) is 4.28. The second kappa shape index (κ2) is 5.82. The molecule has 0 heterocycles. The van der Waals surface area contributed by atoms with Crippen molar-refractivity contribution in [2.24, 2.45) is 0 Å². The van der Waals surface area contributed by atoms with E-state index >= 15 is 0 Å². The zero-order valence-electron chi connectivity index (χ0n) is 11.1. The summed E-state index contributed by atoms with van der Waals surface area (Å²) in [6.45, 7) is 1.31. The average Bonchev–Trinajstić information content (AvgIpc) is 2.38. The number of rotatable bonds is 4. The van der Waals surface area contributed by atoms with Gasteiger partial charge in [0, 0.05) is 12.4 Å². The van der Waals surface area contributed by atoms with E-state index in [1.807, 2.05) is 0 Å². The Morgan fingerprint density at radius 3 is 2.33 bits per heavy atom. The van der Waals surface area contributed by atoms with E-state index in [1.54, 1.807) is 30.3 Å². The van der Waals surface area contributed by atoms with Crippen molar-refractivity contribution in [2.75, 3.05) is 11.8 Å². The van der Waals surface area contributed by atoms with E-state index in [0.717, 1.165) is 12.1 Å². The highest BCUT2D eigenvalue weighted by molar-refractivity contribution is 7.60. The highest BCUT2D eigenvalue weighted by Crippen LogP contribution is 2.43. The zero-order valence-corrected chi connectivity index (χ0v) is 12.0. The first-order chi connectivity index (χ1) is 9.76. The smallest absolute Gasteiger partial charge is 0.416 e. The van der Waals surface area contributed by atoms with Crippen LogP contribution in [-0.2, 0) is 10.7 Å². The summed E-state index contributed by atoms with van der Waals surface area (Å²) in [5.74, 6) is 0.378. The maximum Gasteiger partial charge on any atom is 0.416 e. The molecule has 0 saturated carbocycles. The predicted molar refractivity (Wildman–Crippen MR) is 75.7 cm³/mol. The zero-order chi connectivity index (χ0) is 15.5. The van der Waals surface area contributed by atoms with Gasteiger partial charge in [-0.25, -0.2) is 0 Å². The lowest BCUT2D eigenvalue weighted by molar-refractivity contribution is -0.137. The second-order valence-corrected chi connectivity index (χ2v) is 6.54. The molecule has 21 heavy (non-hydrogen) atoms. The van der Waals surface area contributed by atoms with E-state index in [1.165, 1.54) is 18.8 Å². The molecule has 0 saturated heterocycles. The van der Waals surface area contributed by atoms with Crippen LogP contribution in [0.4, 0.5) is 18.9 Å². The van der Waals surface area contributed by atoms with Crippen LogP contribution in [0.5, 0.6) is 5.75 Å². The monoisotopic (exact) mass is 315 g/mol. The van der Waals surface area contributed by atoms with Gasteiger partial charge >= 0.3 is 13.7 Å². The van der Waals surface area contributed by atoms with E-state index in [0.29, 0.717) is 5.75 Å². The summed E-state index contributed by atoms with van der Waals surface area (Å²) in [4.78, 5) is 0. The molecule has 0 spiro atoms. The van der Waals surface area contributed by atoms with Gasteiger partial charge in [0.1, 0.15) is 5.75 Å². The van der Waals surface area contributed by atoms with Gasteiger partial charge in [-0.3, -0.25) is 4.57 Å². The van der Waals surface area contributed by atoms with Gasteiger partial charge in [-0.2, -0.15) is 13.2 Å². The molecular weight excluding hydrogens is 302 g/mol. The third kappa shape index (κ3) is 4.53. The number of alkyl halides is 3. The number of hydrogen-bond acceptors (Lipinski definition) is 2. The molecule has 0 bridgehead atoms. The van der Waals surface area contributed by atoms with Gasteiger partial charge in [-0.1, -0.05) is 24.3 Å². The topological polar surface area (TPSA) is 38.3 Å². The summed E-state index contributed by atoms with van der Waals surface area (Å²) in [7, 11) is -3.33. The molecule has 112 valence electrons. The summed E-state index contributed by atoms with van der Waals surface area (Å²) in [6.07, 6.45) is -4.45. The van der Waals surface area contributed by atoms with Crippen LogP contribution in [0.1, 0.15) is 5.56 Å². The molecular formula is C14H13F3NO2P. The number of anilines is 1. The van der Waals surface area contributed by atoms with Crippen LogP contribution in [0.25, 0.3) is 0 Å². The van der Waals surface area contributed by atoms with Crippen LogP contribution >= 0.6 is 7.52 Å². The Morgan fingerprint density at radius 2 is 1.71 bits per heavy atom. The largest absolute Gasteiger partial charge is 0.429 e. The van der Waals surface area contributed by atoms with Crippen molar-refractivity contribution >= 4 is 13.2 Å². The van der Waals surface area contributed by atoms with Crippen molar-refractivity contribution in [3.8, 4) is 5.75 Å². The number of nitrogens with one attached hydrogen (secondary N) is 1. The fourth-order valence-electron chi connectivity index (χ4n) is 1.70. The summed E-state index contributed by atoms with van der Waals surface area (Å²) in [5, 5.41) is 2.51. The maximum absolute atomic E-state index is 12.6. The lowest BCUT2D eigenvalue weighted by Crippen LogP contribution is -2.07. The van der Waals surface area contributed by atoms with Gasteiger partial charge in [0.15, 0.2) is 0 Å². The molecule has 7 heteroatoms. The molecule has 3 nitrogen and oxygen atoms in total. The lowest BCUT2D eigenvalue weighted by Gasteiger charge is -2.18. The average molecular weight is 315 g/mol. The van der Waals surface area contributed by atoms with E-state index in [2.05, 4.69) is 5.09 Å². The van der Waals surface area contributed by atoms with Crippen LogP contribution in [0.15, 0.2) is 54.6 Å². The maximum atomic E-state index is 12.6. The first-order valence-corrected chi connectivity index (χ1v) is 8.11. The molecule has 0 fully saturated rings. The normalized spacial score (nSPS) is 14.3. The Hall–Kier alpha value is -1.94. The Bertz CT molecular complexity index is 659. The van der Waals surface area contributed by atoms with Crippen molar-refractivity contribution < 1.29 is 22.3 Å². The molecule has 2 rings (SSSR count). The van der Waals surface area contributed by atoms with Crippen LogP contribution in [-0.4, -0.2) is 6.66 Å². The molecule has 0 aliphatic carbocycles. The van der Waals surface area contributed by atoms with Gasteiger partial charge in [-0.05, 0) is 30.3 Å². The highest BCUT2D eigenvalue weighted by atomic mass is 31.2. The number of halogens is 3. The Morgan fingerprint density at radius 1 is 1.05 bits per heavy atom. The quantitative estimate of drug-likeness (QED) is 0.805. The minimum absolute atomic E-state index is 0.0894. The lowest BCUT2D eigenvalue weighted by atomic mass is 10.2. The second-order valence-electron chi connectivity index (χ2n) is 4.44. The first kappa shape index (κ1) is 15.4. The van der Waals surface area contributed by atoms with Gasteiger partial charge < -0.3 is 9.61 Å². The Labute approximate surface area is 120 Å². The van der Waals surface area contributed by atoms with E-state index < -0.39 is 19.3 Å². The van der Waals surface area contributed by atoms with Gasteiger partial charge in [0.2, 0.25) is 0 Å². The molecule has 2 aromatic rings. The van der Waals surface area contributed by atoms with E-state index in [9.17, 15) is 17.7 Å². The third-order valence-electron chi connectivity index (χ3n) is 2.54. The molecule has 2 aromatic carbocycles. The molecule has 1 N–H and O–H groups in total. The summed E-state index contributed by atoms with van der Waals surface area (Å²) in [5.41, 5.74) is -0.723. The fraction of sp³-hybridized carbons (Fsp3) is 0.143. The fourth-order valence-corrected chi connectivity index (χ4v) is 2.88. The summed E-state index contributed by atoms with van der Waals surface area (Å²) >= 11 is 0. The highest BCUT2D eigenvalue weighted by Gasteiger charge is 2.30. The minimum Gasteiger partial charge on any atom is -0.429 e. The van der Waals surface area contributed by atoms with Crippen molar-refractivity contribution in [2.45, 2.75) is 6.18 Å². The van der Waals surface area contributed by atoms with E-state index in [-0.39, 0.29) is 5.69 Å². The predicted octanol–water partition coefficient (Wildman–Crippen LogP) is 5.02. The van der Waals surface area contributed by atoms with Crippen LogP contribution in [0.3, 0.4) is 0 Å². The van der Waals surface area contributed by atoms with Crippen molar-refractivity contribution in [3.05, 3.63) is 60.2 Å². The number of hydrogen-bond donors (Lipinski definition) is 1.